The van der Waals surface area contributed by atoms with Gasteiger partial charge in [-0.1, -0.05) is 25.5 Å². The van der Waals surface area contributed by atoms with E-state index in [2.05, 4.69) is 28.8 Å². The summed E-state index contributed by atoms with van der Waals surface area (Å²) in [6, 6.07) is 6.06. The minimum absolute atomic E-state index is 0.416. The molecule has 1 unspecified atom stereocenters. The topological polar surface area (TPSA) is 61.4 Å². The van der Waals surface area contributed by atoms with Crippen molar-refractivity contribution in [2.45, 2.75) is 38.6 Å². The van der Waals surface area contributed by atoms with Crippen LogP contribution in [0.2, 0.25) is 0 Å². The van der Waals surface area contributed by atoms with Gasteiger partial charge in [0.2, 0.25) is 0 Å². The Hall–Kier alpha value is -1.55. The highest BCUT2D eigenvalue weighted by atomic mass is 16.4. The third kappa shape index (κ3) is 3.70. The average molecular weight is 262 g/mol. The molecule has 0 saturated heterocycles. The molecule has 0 saturated carbocycles. The summed E-state index contributed by atoms with van der Waals surface area (Å²) in [6.07, 6.45) is 3.53. The molecule has 1 atom stereocenters. The summed E-state index contributed by atoms with van der Waals surface area (Å²) in [5.74, 6) is -0.750. The van der Waals surface area contributed by atoms with Gasteiger partial charge in [0, 0.05) is 12.2 Å². The molecule has 3 N–H and O–H groups in total. The lowest BCUT2D eigenvalue weighted by Crippen LogP contribution is -2.37. The second kappa shape index (κ2) is 6.57. The van der Waals surface area contributed by atoms with Gasteiger partial charge in [0.1, 0.15) is 6.04 Å². The van der Waals surface area contributed by atoms with Crippen molar-refractivity contribution in [3.8, 4) is 0 Å². The summed E-state index contributed by atoms with van der Waals surface area (Å²) in [4.78, 5) is 11.0. The summed E-state index contributed by atoms with van der Waals surface area (Å²) >= 11 is 0. The van der Waals surface area contributed by atoms with Crippen LogP contribution in [0.1, 0.15) is 30.9 Å². The number of rotatable bonds is 7. The number of hydrogen-bond acceptors (Lipinski definition) is 3. The maximum atomic E-state index is 11.0. The normalized spacial score (nSPS) is 14.8. The summed E-state index contributed by atoms with van der Waals surface area (Å²) in [5, 5.41) is 15.5. The second-order valence-electron chi connectivity index (χ2n) is 5.05. The lowest BCUT2D eigenvalue weighted by molar-refractivity contribution is -0.139. The van der Waals surface area contributed by atoms with Crippen molar-refractivity contribution >= 4 is 11.7 Å². The average Bonchev–Trinajstić information content (AvgIpc) is 2.85. The Kier molecular flexibility index (Phi) is 4.80. The Labute approximate surface area is 114 Å². The van der Waals surface area contributed by atoms with Gasteiger partial charge in [-0.05, 0) is 43.0 Å². The highest BCUT2D eigenvalue weighted by Crippen LogP contribution is 2.23. The number of hydrogen-bond donors (Lipinski definition) is 3. The molecule has 1 aliphatic rings. The van der Waals surface area contributed by atoms with Crippen LogP contribution < -0.4 is 10.6 Å². The Morgan fingerprint density at radius 2 is 2.37 bits per heavy atom. The van der Waals surface area contributed by atoms with E-state index >= 15 is 0 Å². The zero-order chi connectivity index (χ0) is 13.7. The van der Waals surface area contributed by atoms with Gasteiger partial charge in [-0.25, -0.2) is 0 Å². The van der Waals surface area contributed by atoms with Crippen LogP contribution in [0.3, 0.4) is 0 Å². The van der Waals surface area contributed by atoms with Crippen LogP contribution in [0.5, 0.6) is 0 Å². The molecule has 1 aliphatic heterocycles. The molecule has 0 radical (unpaired) electrons. The highest BCUT2D eigenvalue weighted by Gasteiger charge is 2.15. The molecule has 104 valence electrons. The largest absolute Gasteiger partial charge is 0.480 e. The third-order valence-electron chi connectivity index (χ3n) is 3.56. The molecule has 0 spiro atoms. The molecule has 2 rings (SSSR count). The van der Waals surface area contributed by atoms with Gasteiger partial charge >= 0.3 is 5.97 Å². The molecule has 1 heterocycles. The molecule has 0 amide bonds. The van der Waals surface area contributed by atoms with Gasteiger partial charge < -0.3 is 15.7 Å². The van der Waals surface area contributed by atoms with Crippen molar-refractivity contribution in [1.29, 1.82) is 0 Å². The first kappa shape index (κ1) is 13.9. The fourth-order valence-electron chi connectivity index (χ4n) is 2.51. The molecule has 0 aliphatic carbocycles. The number of benzene rings is 1. The summed E-state index contributed by atoms with van der Waals surface area (Å²) in [6.45, 7) is 3.74. The zero-order valence-electron chi connectivity index (χ0n) is 11.4. The fraction of sp³-hybridized carbons (Fsp3) is 0.533. The predicted octanol–water partition coefficient (Wildman–Crippen LogP) is 2.04. The number of anilines is 1. The molecule has 19 heavy (non-hydrogen) atoms. The molecule has 4 heteroatoms. The second-order valence-corrected chi connectivity index (χ2v) is 5.05. The summed E-state index contributed by atoms with van der Waals surface area (Å²) < 4.78 is 0. The number of carboxylic acids is 1. The van der Waals surface area contributed by atoms with Crippen molar-refractivity contribution in [2.75, 3.05) is 18.4 Å². The molecule has 1 aromatic carbocycles. The van der Waals surface area contributed by atoms with Crippen molar-refractivity contribution in [2.24, 2.45) is 0 Å². The minimum atomic E-state index is -0.750. The highest BCUT2D eigenvalue weighted by molar-refractivity contribution is 5.73. The van der Waals surface area contributed by atoms with Gasteiger partial charge in [0.15, 0.2) is 0 Å². The van der Waals surface area contributed by atoms with Crippen LogP contribution in [0.4, 0.5) is 5.69 Å². The maximum Gasteiger partial charge on any atom is 0.320 e. The van der Waals surface area contributed by atoms with Gasteiger partial charge in [0.25, 0.3) is 0 Å². The quantitative estimate of drug-likeness (QED) is 0.703. The summed E-state index contributed by atoms with van der Waals surface area (Å²) in [7, 11) is 0. The zero-order valence-corrected chi connectivity index (χ0v) is 11.4. The number of carboxylic acid groups (broad SMARTS) is 1. The SMILES string of the molecule is CCCC(NCCc1ccc2c(c1)CCN2)C(=O)O. The van der Waals surface area contributed by atoms with E-state index in [1.807, 2.05) is 6.92 Å². The standard InChI is InChI=1S/C15H22N2O2/c1-2-3-14(15(18)19)17-8-6-11-4-5-13-12(10-11)7-9-16-13/h4-5,10,14,16-17H,2-3,6-9H2,1H3,(H,18,19). The number of fused-ring (bicyclic) bond motifs is 1. The van der Waals surface area contributed by atoms with E-state index in [0.717, 1.165) is 25.8 Å². The Balaban J connectivity index is 1.83. The number of nitrogens with one attached hydrogen (secondary N) is 2. The van der Waals surface area contributed by atoms with Crippen molar-refractivity contribution in [1.82, 2.24) is 5.32 Å². The fourth-order valence-corrected chi connectivity index (χ4v) is 2.51. The van der Waals surface area contributed by atoms with E-state index in [4.69, 9.17) is 5.11 Å². The summed E-state index contributed by atoms with van der Waals surface area (Å²) in [5.41, 5.74) is 3.89. The molecule has 0 fully saturated rings. The van der Waals surface area contributed by atoms with E-state index in [9.17, 15) is 4.79 Å². The van der Waals surface area contributed by atoms with Gasteiger partial charge in [-0.3, -0.25) is 4.79 Å². The Morgan fingerprint density at radius 1 is 1.53 bits per heavy atom. The van der Waals surface area contributed by atoms with Crippen LogP contribution in [0.25, 0.3) is 0 Å². The van der Waals surface area contributed by atoms with Crippen LogP contribution in [-0.2, 0) is 17.6 Å². The smallest absolute Gasteiger partial charge is 0.320 e. The Bertz CT molecular complexity index is 446. The molecule has 1 aromatic rings. The van der Waals surface area contributed by atoms with Crippen molar-refractivity contribution < 1.29 is 9.90 Å². The van der Waals surface area contributed by atoms with Crippen LogP contribution in [0, 0.1) is 0 Å². The molecule has 0 bridgehead atoms. The van der Waals surface area contributed by atoms with Crippen molar-refractivity contribution in [3.63, 3.8) is 0 Å². The van der Waals surface area contributed by atoms with E-state index in [0.29, 0.717) is 13.0 Å². The van der Waals surface area contributed by atoms with Crippen LogP contribution in [-0.4, -0.2) is 30.2 Å². The molecular weight excluding hydrogens is 240 g/mol. The van der Waals surface area contributed by atoms with Gasteiger partial charge in [0.05, 0.1) is 0 Å². The molecule has 0 aromatic heterocycles. The van der Waals surface area contributed by atoms with E-state index in [-0.39, 0.29) is 0 Å². The van der Waals surface area contributed by atoms with E-state index in [1.54, 1.807) is 0 Å². The van der Waals surface area contributed by atoms with Crippen molar-refractivity contribution in [3.05, 3.63) is 29.3 Å². The number of carbonyl (C=O) groups is 1. The molecule has 4 nitrogen and oxygen atoms in total. The lowest BCUT2D eigenvalue weighted by Gasteiger charge is -2.13. The van der Waals surface area contributed by atoms with E-state index < -0.39 is 12.0 Å². The first-order valence-corrected chi connectivity index (χ1v) is 7.02. The van der Waals surface area contributed by atoms with Gasteiger partial charge in [-0.2, -0.15) is 0 Å². The maximum absolute atomic E-state index is 11.0. The number of aliphatic carboxylic acids is 1. The minimum Gasteiger partial charge on any atom is -0.480 e. The predicted molar refractivity (Wildman–Crippen MR) is 76.7 cm³/mol. The Morgan fingerprint density at radius 3 is 3.11 bits per heavy atom. The van der Waals surface area contributed by atoms with E-state index in [1.165, 1.54) is 16.8 Å². The van der Waals surface area contributed by atoms with Gasteiger partial charge in [-0.15, -0.1) is 0 Å². The third-order valence-corrected chi connectivity index (χ3v) is 3.56. The lowest BCUT2D eigenvalue weighted by atomic mass is 10.1. The van der Waals surface area contributed by atoms with Crippen LogP contribution in [0.15, 0.2) is 18.2 Å². The molecular formula is C15H22N2O2. The first-order valence-electron chi connectivity index (χ1n) is 7.02. The first-order chi connectivity index (χ1) is 9.20. The monoisotopic (exact) mass is 262 g/mol. The van der Waals surface area contributed by atoms with Crippen LogP contribution >= 0.6 is 0 Å².